The van der Waals surface area contributed by atoms with Gasteiger partial charge in [0.1, 0.15) is 6.33 Å². The molecule has 0 spiro atoms. The SMILES string of the molecule is CCC(CC)C(=O)/C=C(\O)C(CC)CC.Cc1cc(-c2cc(-c3[c-]c4ccccc4c(C(C)(C)C)c3)ncn2)cc2c1-c1cccc3cccc-2c13.[Ir]. The van der Waals surface area contributed by atoms with Crippen molar-refractivity contribution >= 4 is 27.3 Å². The molecule has 0 atom stereocenters. The van der Waals surface area contributed by atoms with Gasteiger partial charge in [-0.1, -0.05) is 114 Å². The summed E-state index contributed by atoms with van der Waals surface area (Å²) in [6.07, 6.45) is 6.59. The Kier molecular flexibility index (Phi) is 12.5. The number of rotatable bonds is 9. The van der Waals surface area contributed by atoms with Crippen molar-refractivity contribution in [1.82, 2.24) is 9.97 Å². The maximum Gasteiger partial charge on any atom is 0.162 e. The second-order valence-electron chi connectivity index (χ2n) is 15.1. The van der Waals surface area contributed by atoms with Gasteiger partial charge in [0.05, 0.1) is 11.5 Å². The average Bonchev–Trinajstić information content (AvgIpc) is 3.47. The van der Waals surface area contributed by atoms with Gasteiger partial charge in [0.2, 0.25) is 0 Å². The smallest absolute Gasteiger partial charge is 0.162 e. The van der Waals surface area contributed by atoms with Crippen molar-refractivity contribution < 1.29 is 30.0 Å². The standard InChI is InChI=1S/C35H27N2.C13H24O2.Ir/c1-21-15-24(17-29-27-13-7-10-22-11-8-14-28(33(21)29)34(22)27)31-19-32(37-20-36-31)25-16-23-9-5-6-12-26(23)30(18-25)35(2,3)4;1-5-10(6-2)12(14)9-13(15)11(7-3)8-4;/h5-15,17-20H,1-4H3;9-11,14H,5-8H2,1-4H3;/q-1;;/b;12-9-;. The van der Waals surface area contributed by atoms with E-state index in [1.165, 1.54) is 55.6 Å². The van der Waals surface area contributed by atoms with E-state index in [1.54, 1.807) is 6.33 Å². The monoisotopic (exact) mass is 880 g/mol. The van der Waals surface area contributed by atoms with Crippen LogP contribution in [0.2, 0.25) is 0 Å². The van der Waals surface area contributed by atoms with Crippen molar-refractivity contribution in [3.8, 4) is 44.8 Å². The normalized spacial score (nSPS) is 12.2. The van der Waals surface area contributed by atoms with Gasteiger partial charge in [-0.2, -0.15) is 0 Å². The van der Waals surface area contributed by atoms with Gasteiger partial charge in [-0.05, 0) is 94.8 Å². The molecule has 6 aromatic rings. The molecule has 4 nitrogen and oxygen atoms in total. The molecule has 1 radical (unpaired) electrons. The minimum Gasteiger partial charge on any atom is -0.512 e. The van der Waals surface area contributed by atoms with E-state index in [-0.39, 0.29) is 48.9 Å². The van der Waals surface area contributed by atoms with Crippen LogP contribution in [0.5, 0.6) is 0 Å². The number of hydrogen-bond donors (Lipinski definition) is 1. The number of carbonyl (C=O) groups is 1. The number of fused-ring (bicyclic) bond motifs is 4. The molecular weight excluding hydrogens is 829 g/mol. The quantitative estimate of drug-likeness (QED) is 0.0891. The summed E-state index contributed by atoms with van der Waals surface area (Å²) in [4.78, 5) is 21.1. The predicted octanol–water partition coefficient (Wildman–Crippen LogP) is 13.0. The van der Waals surface area contributed by atoms with E-state index in [0.717, 1.165) is 53.6 Å². The van der Waals surface area contributed by atoms with E-state index in [9.17, 15) is 9.90 Å². The molecule has 275 valence electrons. The third kappa shape index (κ3) is 8.08. The molecule has 0 amide bonds. The van der Waals surface area contributed by atoms with Gasteiger partial charge in [-0.3, -0.25) is 9.78 Å². The van der Waals surface area contributed by atoms with Crippen molar-refractivity contribution in [2.24, 2.45) is 11.8 Å². The summed E-state index contributed by atoms with van der Waals surface area (Å²) in [5, 5.41) is 14.8. The summed E-state index contributed by atoms with van der Waals surface area (Å²) in [5.74, 6) is 0.547. The molecule has 0 saturated carbocycles. The summed E-state index contributed by atoms with van der Waals surface area (Å²) in [6, 6.07) is 34.2. The Balaban J connectivity index is 0.000000290. The molecule has 7 rings (SSSR count). The molecule has 1 heterocycles. The number of carbonyl (C=O) groups excluding carboxylic acids is 1. The van der Waals surface area contributed by atoms with E-state index in [0.29, 0.717) is 0 Å². The summed E-state index contributed by atoms with van der Waals surface area (Å²) in [7, 11) is 0. The molecule has 1 aliphatic rings. The maximum atomic E-state index is 11.7. The van der Waals surface area contributed by atoms with Crippen molar-refractivity contribution in [3.63, 3.8) is 0 Å². The van der Waals surface area contributed by atoms with Crippen LogP contribution in [0, 0.1) is 24.8 Å². The predicted molar refractivity (Wildman–Crippen MR) is 218 cm³/mol. The number of nitrogens with zero attached hydrogens (tertiary/aromatic N) is 2. The summed E-state index contributed by atoms with van der Waals surface area (Å²) < 4.78 is 0. The van der Waals surface area contributed by atoms with Crippen molar-refractivity contribution in [3.05, 3.63) is 120 Å². The van der Waals surface area contributed by atoms with Crippen molar-refractivity contribution in [1.29, 1.82) is 0 Å². The first-order valence-corrected chi connectivity index (χ1v) is 18.9. The largest absolute Gasteiger partial charge is 0.512 e. The number of aryl methyl sites for hydroxylation is 1. The molecule has 0 unspecified atom stereocenters. The van der Waals surface area contributed by atoms with Gasteiger partial charge in [0, 0.05) is 49.3 Å². The van der Waals surface area contributed by atoms with Crippen molar-refractivity contribution in [2.75, 3.05) is 0 Å². The fourth-order valence-electron chi connectivity index (χ4n) is 7.71. The van der Waals surface area contributed by atoms with Crippen LogP contribution in [0.25, 0.3) is 66.3 Å². The molecule has 0 saturated heterocycles. The number of aliphatic hydroxyl groups is 1. The van der Waals surface area contributed by atoms with Gasteiger partial charge in [-0.25, -0.2) is 4.98 Å². The molecule has 1 N–H and O–H groups in total. The van der Waals surface area contributed by atoms with Crippen LogP contribution in [0.1, 0.15) is 85.3 Å². The van der Waals surface area contributed by atoms with Gasteiger partial charge in [0.25, 0.3) is 0 Å². The zero-order valence-electron chi connectivity index (χ0n) is 32.3. The van der Waals surface area contributed by atoms with Crippen LogP contribution in [0.15, 0.2) is 103 Å². The molecule has 53 heavy (non-hydrogen) atoms. The summed E-state index contributed by atoms with van der Waals surface area (Å²) >= 11 is 0. The molecule has 5 heteroatoms. The minimum absolute atomic E-state index is 0. The second-order valence-corrected chi connectivity index (χ2v) is 15.1. The van der Waals surface area contributed by atoms with E-state index >= 15 is 0 Å². The first-order chi connectivity index (χ1) is 25.0. The number of aliphatic hydroxyl groups excluding tert-OH is 1. The first kappa shape index (κ1) is 39.8. The van der Waals surface area contributed by atoms with Crippen LogP contribution >= 0.6 is 0 Å². The van der Waals surface area contributed by atoms with Crippen LogP contribution < -0.4 is 0 Å². The van der Waals surface area contributed by atoms with Gasteiger partial charge in [0.15, 0.2) is 5.78 Å². The molecule has 1 aliphatic carbocycles. The topological polar surface area (TPSA) is 63.1 Å². The molecule has 0 fully saturated rings. The molecule has 5 aromatic carbocycles. The number of hydrogen-bond acceptors (Lipinski definition) is 4. The maximum absolute atomic E-state index is 11.7. The number of allylic oxidation sites excluding steroid dienone is 2. The van der Waals surface area contributed by atoms with Gasteiger partial charge < -0.3 is 5.11 Å². The van der Waals surface area contributed by atoms with Gasteiger partial charge in [-0.15, -0.1) is 29.1 Å². The van der Waals surface area contributed by atoms with Crippen LogP contribution in [-0.4, -0.2) is 20.9 Å². The number of ketones is 1. The Bertz CT molecular complexity index is 2290. The fourth-order valence-corrected chi connectivity index (χ4v) is 7.71. The third-order valence-corrected chi connectivity index (χ3v) is 10.7. The van der Waals surface area contributed by atoms with E-state index < -0.39 is 0 Å². The van der Waals surface area contributed by atoms with E-state index in [4.69, 9.17) is 4.98 Å². The van der Waals surface area contributed by atoms with Crippen molar-refractivity contribution in [2.45, 2.75) is 86.5 Å². The molecule has 1 aromatic heterocycles. The third-order valence-electron chi connectivity index (χ3n) is 10.7. The van der Waals surface area contributed by atoms with Gasteiger partial charge >= 0.3 is 0 Å². The Morgan fingerprint density at radius 2 is 1.42 bits per heavy atom. The summed E-state index contributed by atoms with van der Waals surface area (Å²) in [6.45, 7) is 17.1. The molecule has 0 bridgehead atoms. The zero-order valence-corrected chi connectivity index (χ0v) is 34.7. The summed E-state index contributed by atoms with van der Waals surface area (Å²) in [5.41, 5.74) is 11.8. The Hall–Kier alpha value is -4.44. The Morgan fingerprint density at radius 3 is 2.08 bits per heavy atom. The molecule has 0 aliphatic heterocycles. The van der Waals surface area contributed by atoms with Crippen LogP contribution in [-0.2, 0) is 30.3 Å². The van der Waals surface area contributed by atoms with Crippen LogP contribution in [0.3, 0.4) is 0 Å². The Labute approximate surface area is 329 Å². The second kappa shape index (κ2) is 16.7. The van der Waals surface area contributed by atoms with Crippen LogP contribution in [0.4, 0.5) is 0 Å². The van der Waals surface area contributed by atoms with E-state index in [1.807, 2.05) is 27.7 Å². The first-order valence-electron chi connectivity index (χ1n) is 18.9. The zero-order chi connectivity index (χ0) is 37.2. The minimum atomic E-state index is 0. The molecular formula is C48H51IrN2O2-. The number of benzene rings is 5. The van der Waals surface area contributed by atoms with E-state index in [2.05, 4.69) is 124 Å². The fraction of sp³-hybridized carbons (Fsp3) is 0.312. The number of aromatic nitrogens is 2. The Morgan fingerprint density at radius 1 is 0.774 bits per heavy atom. The average molecular weight is 880 g/mol.